The van der Waals surface area contributed by atoms with Crippen molar-refractivity contribution in [2.75, 3.05) is 20.0 Å². The summed E-state index contributed by atoms with van der Waals surface area (Å²) in [5.74, 6) is 1.45. The monoisotopic (exact) mass is 243 g/mol. The van der Waals surface area contributed by atoms with Gasteiger partial charge in [0.05, 0.1) is 14.2 Å². The average Bonchev–Trinajstić information content (AvgIpc) is 2.40. The van der Waals surface area contributed by atoms with Crippen LogP contribution in [0.4, 0.5) is 5.69 Å². The van der Waals surface area contributed by atoms with Gasteiger partial charge < -0.3 is 15.2 Å². The second-order valence-corrected chi connectivity index (χ2v) is 4.12. The number of anilines is 1. The molecule has 18 heavy (non-hydrogen) atoms. The Hall–Kier alpha value is -2.16. The molecule has 2 aromatic carbocycles. The van der Waals surface area contributed by atoms with Crippen LogP contribution in [0.15, 0.2) is 36.4 Å². The van der Waals surface area contributed by atoms with Gasteiger partial charge in [-0.05, 0) is 36.2 Å². The fourth-order valence-corrected chi connectivity index (χ4v) is 2.03. The third kappa shape index (κ3) is 2.12. The first-order valence-corrected chi connectivity index (χ1v) is 5.75. The van der Waals surface area contributed by atoms with Gasteiger partial charge in [0.1, 0.15) is 0 Å². The van der Waals surface area contributed by atoms with Gasteiger partial charge in [-0.15, -0.1) is 0 Å². The van der Waals surface area contributed by atoms with E-state index in [4.69, 9.17) is 15.2 Å². The molecule has 94 valence electrons. The Morgan fingerprint density at radius 3 is 2.39 bits per heavy atom. The fraction of sp³-hybridized carbons (Fsp3) is 0.200. The van der Waals surface area contributed by atoms with Crippen LogP contribution < -0.4 is 15.2 Å². The van der Waals surface area contributed by atoms with Crippen molar-refractivity contribution >= 4 is 5.69 Å². The van der Waals surface area contributed by atoms with Crippen LogP contribution in [0.25, 0.3) is 11.1 Å². The smallest absolute Gasteiger partial charge is 0.168 e. The van der Waals surface area contributed by atoms with Crippen LogP contribution in [-0.4, -0.2) is 14.2 Å². The Morgan fingerprint density at radius 1 is 0.944 bits per heavy atom. The molecule has 0 radical (unpaired) electrons. The zero-order chi connectivity index (χ0) is 13.1. The molecule has 0 spiro atoms. The van der Waals surface area contributed by atoms with Crippen LogP contribution >= 0.6 is 0 Å². The van der Waals surface area contributed by atoms with Crippen molar-refractivity contribution in [1.29, 1.82) is 0 Å². The molecule has 3 heteroatoms. The summed E-state index contributed by atoms with van der Waals surface area (Å²) >= 11 is 0. The SMILES string of the molecule is COc1cccc(-c2cc(N)ccc2C)c1OC. The Morgan fingerprint density at radius 2 is 1.72 bits per heavy atom. The van der Waals surface area contributed by atoms with Crippen molar-refractivity contribution in [3.63, 3.8) is 0 Å². The maximum absolute atomic E-state index is 5.85. The molecule has 0 aliphatic rings. The normalized spacial score (nSPS) is 10.2. The maximum atomic E-state index is 5.85. The highest BCUT2D eigenvalue weighted by molar-refractivity contribution is 5.78. The summed E-state index contributed by atoms with van der Waals surface area (Å²) < 4.78 is 10.8. The number of benzene rings is 2. The molecule has 2 N–H and O–H groups in total. The molecule has 0 aliphatic heterocycles. The first kappa shape index (κ1) is 12.3. The van der Waals surface area contributed by atoms with Gasteiger partial charge in [-0.3, -0.25) is 0 Å². The van der Waals surface area contributed by atoms with Crippen molar-refractivity contribution in [3.8, 4) is 22.6 Å². The van der Waals surface area contributed by atoms with E-state index in [0.29, 0.717) is 0 Å². The largest absolute Gasteiger partial charge is 0.493 e. The predicted octanol–water partition coefficient (Wildman–Crippen LogP) is 3.26. The quantitative estimate of drug-likeness (QED) is 0.841. The summed E-state index contributed by atoms with van der Waals surface area (Å²) in [6.45, 7) is 2.05. The van der Waals surface area contributed by atoms with Gasteiger partial charge in [0.15, 0.2) is 11.5 Å². The number of rotatable bonds is 3. The first-order valence-electron chi connectivity index (χ1n) is 5.75. The molecule has 2 aromatic rings. The van der Waals surface area contributed by atoms with Crippen molar-refractivity contribution in [2.24, 2.45) is 0 Å². The lowest BCUT2D eigenvalue weighted by Crippen LogP contribution is -1.95. The molecule has 0 fully saturated rings. The molecule has 0 atom stereocenters. The van der Waals surface area contributed by atoms with Crippen LogP contribution in [0.3, 0.4) is 0 Å². The molecule has 0 aromatic heterocycles. The van der Waals surface area contributed by atoms with Crippen LogP contribution in [-0.2, 0) is 0 Å². The van der Waals surface area contributed by atoms with E-state index >= 15 is 0 Å². The number of aryl methyl sites for hydroxylation is 1. The Labute approximate surface area is 107 Å². The minimum Gasteiger partial charge on any atom is -0.493 e. The maximum Gasteiger partial charge on any atom is 0.168 e. The summed E-state index contributed by atoms with van der Waals surface area (Å²) in [6.07, 6.45) is 0. The van der Waals surface area contributed by atoms with Crippen molar-refractivity contribution in [3.05, 3.63) is 42.0 Å². The van der Waals surface area contributed by atoms with Gasteiger partial charge in [0.25, 0.3) is 0 Å². The number of methoxy groups -OCH3 is 2. The Balaban J connectivity index is 2.66. The standard InChI is InChI=1S/C15H17NO2/c1-10-7-8-11(16)9-13(10)12-5-4-6-14(17-2)15(12)18-3/h4-9H,16H2,1-3H3. The van der Waals surface area contributed by atoms with Crippen LogP contribution in [0, 0.1) is 6.92 Å². The summed E-state index contributed by atoms with van der Waals surface area (Å²) in [5.41, 5.74) is 9.79. The number of hydrogen-bond acceptors (Lipinski definition) is 3. The molecule has 0 unspecified atom stereocenters. The van der Waals surface area contributed by atoms with Gasteiger partial charge in [0.2, 0.25) is 0 Å². The van der Waals surface area contributed by atoms with Crippen molar-refractivity contribution < 1.29 is 9.47 Å². The summed E-state index contributed by atoms with van der Waals surface area (Å²) in [6, 6.07) is 11.7. The van der Waals surface area contributed by atoms with Gasteiger partial charge >= 0.3 is 0 Å². The van der Waals surface area contributed by atoms with Gasteiger partial charge in [-0.1, -0.05) is 18.2 Å². The summed E-state index contributed by atoms with van der Waals surface area (Å²) in [7, 11) is 3.27. The van der Waals surface area contributed by atoms with E-state index < -0.39 is 0 Å². The molecule has 0 amide bonds. The third-order valence-electron chi connectivity index (χ3n) is 2.95. The highest BCUT2D eigenvalue weighted by Crippen LogP contribution is 2.39. The average molecular weight is 243 g/mol. The topological polar surface area (TPSA) is 44.5 Å². The number of ether oxygens (including phenoxy) is 2. The zero-order valence-corrected chi connectivity index (χ0v) is 10.9. The van der Waals surface area contributed by atoms with E-state index in [-0.39, 0.29) is 0 Å². The molecule has 0 saturated heterocycles. The Kier molecular flexibility index (Phi) is 3.42. The van der Waals surface area contributed by atoms with E-state index in [0.717, 1.165) is 33.9 Å². The number of hydrogen-bond donors (Lipinski definition) is 1. The first-order chi connectivity index (χ1) is 8.67. The minimum absolute atomic E-state index is 0.719. The summed E-state index contributed by atoms with van der Waals surface area (Å²) in [5, 5.41) is 0. The number of nitrogens with two attached hydrogens (primary N) is 1. The lowest BCUT2D eigenvalue weighted by atomic mass is 9.98. The van der Waals surface area contributed by atoms with E-state index in [1.54, 1.807) is 14.2 Å². The molecular formula is C15H17NO2. The molecule has 0 heterocycles. The second kappa shape index (κ2) is 5.00. The van der Waals surface area contributed by atoms with Crippen LogP contribution in [0.5, 0.6) is 11.5 Å². The van der Waals surface area contributed by atoms with Gasteiger partial charge in [-0.25, -0.2) is 0 Å². The van der Waals surface area contributed by atoms with Crippen LogP contribution in [0.1, 0.15) is 5.56 Å². The molecular weight excluding hydrogens is 226 g/mol. The van der Waals surface area contributed by atoms with Gasteiger partial charge in [-0.2, -0.15) is 0 Å². The molecule has 2 rings (SSSR count). The lowest BCUT2D eigenvalue weighted by molar-refractivity contribution is 0.356. The molecule has 3 nitrogen and oxygen atoms in total. The Bertz CT molecular complexity index is 564. The molecule has 0 aliphatic carbocycles. The van der Waals surface area contributed by atoms with Crippen LogP contribution in [0.2, 0.25) is 0 Å². The number of nitrogen functional groups attached to an aromatic ring is 1. The zero-order valence-electron chi connectivity index (χ0n) is 10.9. The van der Waals surface area contributed by atoms with E-state index in [1.807, 2.05) is 43.3 Å². The highest BCUT2D eigenvalue weighted by Gasteiger charge is 2.13. The van der Waals surface area contributed by atoms with E-state index in [2.05, 4.69) is 0 Å². The number of para-hydroxylation sites is 1. The van der Waals surface area contributed by atoms with Crippen molar-refractivity contribution in [1.82, 2.24) is 0 Å². The minimum atomic E-state index is 0.719. The summed E-state index contributed by atoms with van der Waals surface area (Å²) in [4.78, 5) is 0. The highest BCUT2D eigenvalue weighted by atomic mass is 16.5. The van der Waals surface area contributed by atoms with E-state index in [1.165, 1.54) is 0 Å². The molecule has 0 saturated carbocycles. The van der Waals surface area contributed by atoms with Gasteiger partial charge in [0, 0.05) is 11.3 Å². The van der Waals surface area contributed by atoms with E-state index in [9.17, 15) is 0 Å². The predicted molar refractivity (Wildman–Crippen MR) is 74.1 cm³/mol. The lowest BCUT2D eigenvalue weighted by Gasteiger charge is -2.14. The third-order valence-corrected chi connectivity index (χ3v) is 2.95. The van der Waals surface area contributed by atoms with Crippen molar-refractivity contribution in [2.45, 2.75) is 6.92 Å². The second-order valence-electron chi connectivity index (χ2n) is 4.12. The molecule has 0 bridgehead atoms. The fourth-order valence-electron chi connectivity index (χ4n) is 2.03.